The monoisotopic (exact) mass is 467 g/mol. The number of carbonyl (C=O) groups is 1. The number of nitrogens with zero attached hydrogens (tertiary/aromatic N) is 3. The maximum Gasteiger partial charge on any atom is 0.224 e. The van der Waals surface area contributed by atoms with Gasteiger partial charge in [0.25, 0.3) is 0 Å². The Bertz CT molecular complexity index is 380. The Morgan fingerprint density at radius 1 is 1.16 bits per heavy atom. The quantitative estimate of drug-likeness (QED) is 0.310. The van der Waals surface area contributed by atoms with Crippen LogP contribution in [0.2, 0.25) is 0 Å². The van der Waals surface area contributed by atoms with Crippen molar-refractivity contribution < 1.29 is 4.79 Å². The molecule has 1 aliphatic heterocycles. The number of guanidine groups is 1. The third kappa shape index (κ3) is 10.2. The van der Waals surface area contributed by atoms with Crippen LogP contribution in [-0.2, 0) is 4.79 Å². The van der Waals surface area contributed by atoms with Crippen LogP contribution in [0.3, 0.4) is 0 Å². The highest BCUT2D eigenvalue weighted by Gasteiger charge is 2.16. The maximum atomic E-state index is 12.0. The minimum atomic E-state index is 0. The van der Waals surface area contributed by atoms with E-state index in [1.165, 1.54) is 25.9 Å². The number of rotatable bonds is 9. The predicted octanol–water partition coefficient (Wildman–Crippen LogP) is 2.15. The number of likely N-dealkylation sites (tertiary alicyclic amines) is 1. The first-order chi connectivity index (χ1) is 11.6. The fourth-order valence-corrected chi connectivity index (χ4v) is 3.07. The van der Waals surface area contributed by atoms with Crippen LogP contribution < -0.4 is 10.6 Å². The van der Waals surface area contributed by atoms with E-state index in [2.05, 4.69) is 34.5 Å². The molecule has 0 atom stereocenters. The number of amides is 1. The summed E-state index contributed by atoms with van der Waals surface area (Å²) in [6.07, 6.45) is 4.24. The van der Waals surface area contributed by atoms with Crippen molar-refractivity contribution in [1.82, 2.24) is 20.4 Å². The zero-order valence-corrected chi connectivity index (χ0v) is 18.8. The van der Waals surface area contributed by atoms with Gasteiger partial charge in [-0.05, 0) is 66.1 Å². The second kappa shape index (κ2) is 14.6. The zero-order chi connectivity index (χ0) is 17.8. The first-order valence-corrected chi connectivity index (χ1v) is 9.59. The molecule has 6 nitrogen and oxygen atoms in total. The summed E-state index contributed by atoms with van der Waals surface area (Å²) in [5.74, 6) is 1.84. The lowest BCUT2D eigenvalue weighted by Gasteiger charge is -2.28. The fraction of sp³-hybridized carbons (Fsp3) is 0.889. The lowest BCUT2D eigenvalue weighted by Crippen LogP contribution is -2.40. The Balaban J connectivity index is 0.00000576. The molecule has 0 saturated carbocycles. The van der Waals surface area contributed by atoms with Gasteiger partial charge in [0, 0.05) is 39.1 Å². The average Bonchev–Trinajstić information content (AvgIpc) is 2.58. The van der Waals surface area contributed by atoms with Crippen molar-refractivity contribution in [2.24, 2.45) is 10.9 Å². The molecule has 1 fully saturated rings. The highest BCUT2D eigenvalue weighted by Crippen LogP contribution is 2.19. The summed E-state index contributed by atoms with van der Waals surface area (Å²) in [4.78, 5) is 20.9. The Morgan fingerprint density at radius 3 is 2.36 bits per heavy atom. The zero-order valence-electron chi connectivity index (χ0n) is 16.5. The number of piperidine rings is 1. The molecule has 25 heavy (non-hydrogen) atoms. The van der Waals surface area contributed by atoms with Crippen LogP contribution in [0.4, 0.5) is 0 Å². The molecule has 1 aliphatic rings. The van der Waals surface area contributed by atoms with Crippen molar-refractivity contribution in [3.05, 3.63) is 0 Å². The summed E-state index contributed by atoms with van der Waals surface area (Å²) in [7, 11) is 2.20. The SMILES string of the molecule is CCNC(=NCCC1CCN(C)CC1)NCCC(=O)N(CC)CC.I. The standard InChI is InChI=1S/C18H37N5O.HI/c1-5-19-18(21-13-9-17(24)23(6-2)7-3)20-12-8-16-10-14-22(4)15-11-16;/h16H,5-15H2,1-4H3,(H2,19,20,21);1H. The van der Waals surface area contributed by atoms with Crippen LogP contribution in [0.1, 0.15) is 46.5 Å². The number of hydrogen-bond donors (Lipinski definition) is 2. The summed E-state index contributed by atoms with van der Waals surface area (Å²) < 4.78 is 0. The van der Waals surface area contributed by atoms with Gasteiger partial charge in [-0.25, -0.2) is 0 Å². The summed E-state index contributed by atoms with van der Waals surface area (Å²) in [5, 5.41) is 6.55. The van der Waals surface area contributed by atoms with E-state index in [1.54, 1.807) is 0 Å². The van der Waals surface area contributed by atoms with Crippen LogP contribution in [0.5, 0.6) is 0 Å². The van der Waals surface area contributed by atoms with Gasteiger partial charge in [0.05, 0.1) is 0 Å². The number of hydrogen-bond acceptors (Lipinski definition) is 3. The summed E-state index contributed by atoms with van der Waals surface area (Å²) >= 11 is 0. The Kier molecular flexibility index (Phi) is 14.3. The van der Waals surface area contributed by atoms with Gasteiger partial charge < -0.3 is 20.4 Å². The molecule has 1 heterocycles. The Hall–Kier alpha value is -0.570. The van der Waals surface area contributed by atoms with Gasteiger partial charge in [-0.2, -0.15) is 0 Å². The van der Waals surface area contributed by atoms with Gasteiger partial charge in [-0.3, -0.25) is 9.79 Å². The second-order valence-corrected chi connectivity index (χ2v) is 6.54. The van der Waals surface area contributed by atoms with E-state index in [0.29, 0.717) is 13.0 Å². The first kappa shape index (κ1) is 24.4. The molecule has 0 radical (unpaired) electrons. The van der Waals surface area contributed by atoms with Crippen molar-refractivity contribution in [2.75, 3.05) is 52.9 Å². The molecule has 0 aromatic carbocycles. The van der Waals surface area contributed by atoms with E-state index in [1.807, 2.05) is 18.7 Å². The largest absolute Gasteiger partial charge is 0.357 e. The maximum absolute atomic E-state index is 12.0. The molecule has 148 valence electrons. The van der Waals surface area contributed by atoms with Crippen molar-refractivity contribution in [3.8, 4) is 0 Å². The number of nitrogens with one attached hydrogen (secondary N) is 2. The van der Waals surface area contributed by atoms with Crippen molar-refractivity contribution in [3.63, 3.8) is 0 Å². The number of halogens is 1. The molecule has 0 aromatic rings. The number of aliphatic imine (C=N–C) groups is 1. The van der Waals surface area contributed by atoms with Crippen molar-refractivity contribution in [1.29, 1.82) is 0 Å². The second-order valence-electron chi connectivity index (χ2n) is 6.54. The molecule has 1 rings (SSSR count). The third-order valence-corrected chi connectivity index (χ3v) is 4.74. The summed E-state index contributed by atoms with van der Waals surface area (Å²) in [6.45, 7) is 12.4. The molecular formula is C18H38IN5O. The molecule has 7 heteroatoms. The third-order valence-electron chi connectivity index (χ3n) is 4.74. The first-order valence-electron chi connectivity index (χ1n) is 9.59. The van der Waals surface area contributed by atoms with E-state index in [4.69, 9.17) is 0 Å². The van der Waals surface area contributed by atoms with E-state index in [-0.39, 0.29) is 29.9 Å². The van der Waals surface area contributed by atoms with E-state index in [0.717, 1.165) is 44.5 Å². The van der Waals surface area contributed by atoms with E-state index < -0.39 is 0 Å². The highest BCUT2D eigenvalue weighted by molar-refractivity contribution is 14.0. The van der Waals surface area contributed by atoms with Gasteiger partial charge in [-0.15, -0.1) is 24.0 Å². The van der Waals surface area contributed by atoms with Crippen LogP contribution in [-0.4, -0.2) is 74.5 Å². The average molecular weight is 467 g/mol. The normalized spacial score (nSPS) is 16.2. The predicted molar refractivity (Wildman–Crippen MR) is 117 cm³/mol. The van der Waals surface area contributed by atoms with Crippen LogP contribution in [0, 0.1) is 5.92 Å². The highest BCUT2D eigenvalue weighted by atomic mass is 127. The van der Waals surface area contributed by atoms with Crippen LogP contribution in [0.25, 0.3) is 0 Å². The minimum absolute atomic E-state index is 0. The van der Waals surface area contributed by atoms with Crippen LogP contribution in [0.15, 0.2) is 4.99 Å². The molecule has 0 aromatic heterocycles. The Labute approximate surface area is 171 Å². The summed E-state index contributed by atoms with van der Waals surface area (Å²) in [5.41, 5.74) is 0. The fourth-order valence-electron chi connectivity index (χ4n) is 3.07. The van der Waals surface area contributed by atoms with Gasteiger partial charge in [0.2, 0.25) is 5.91 Å². The smallest absolute Gasteiger partial charge is 0.224 e. The lowest BCUT2D eigenvalue weighted by atomic mass is 9.94. The van der Waals surface area contributed by atoms with Gasteiger partial charge in [0.1, 0.15) is 0 Å². The van der Waals surface area contributed by atoms with Gasteiger partial charge in [-0.1, -0.05) is 0 Å². The van der Waals surface area contributed by atoms with Gasteiger partial charge in [0.15, 0.2) is 5.96 Å². The molecule has 2 N–H and O–H groups in total. The number of carbonyl (C=O) groups excluding carboxylic acids is 1. The molecule has 0 bridgehead atoms. The lowest BCUT2D eigenvalue weighted by molar-refractivity contribution is -0.130. The van der Waals surface area contributed by atoms with Gasteiger partial charge >= 0.3 is 0 Å². The topological polar surface area (TPSA) is 60.0 Å². The minimum Gasteiger partial charge on any atom is -0.357 e. The summed E-state index contributed by atoms with van der Waals surface area (Å²) in [6, 6.07) is 0. The Morgan fingerprint density at radius 2 is 1.80 bits per heavy atom. The molecule has 1 amide bonds. The molecule has 0 spiro atoms. The van der Waals surface area contributed by atoms with E-state index >= 15 is 0 Å². The van der Waals surface area contributed by atoms with Crippen molar-refractivity contribution in [2.45, 2.75) is 46.5 Å². The molecule has 0 unspecified atom stereocenters. The molecule has 0 aliphatic carbocycles. The molecule has 1 saturated heterocycles. The molecular weight excluding hydrogens is 429 g/mol. The van der Waals surface area contributed by atoms with E-state index in [9.17, 15) is 4.79 Å². The van der Waals surface area contributed by atoms with Crippen LogP contribution >= 0.6 is 24.0 Å². The van der Waals surface area contributed by atoms with Crippen molar-refractivity contribution >= 4 is 35.8 Å².